The smallest absolute Gasteiger partial charge is 0.267 e. The Morgan fingerprint density at radius 1 is 1.27 bits per heavy atom. The van der Waals surface area contributed by atoms with Crippen LogP contribution >= 0.6 is 0 Å². The summed E-state index contributed by atoms with van der Waals surface area (Å²) in [6.07, 6.45) is 0.272. The summed E-state index contributed by atoms with van der Waals surface area (Å²) >= 11 is 0. The summed E-state index contributed by atoms with van der Waals surface area (Å²) in [7, 11) is 0. The molecule has 0 aromatic heterocycles. The molecule has 0 spiro atoms. The number of hydrogen-bond acceptors (Lipinski definition) is 1. The van der Waals surface area contributed by atoms with Gasteiger partial charge in [0.25, 0.3) is 5.92 Å². The minimum atomic E-state index is -2.86. The van der Waals surface area contributed by atoms with Gasteiger partial charge >= 0.3 is 0 Å². The second-order valence-electron chi connectivity index (χ2n) is 3.80. The van der Waals surface area contributed by atoms with Crippen LogP contribution in [0.25, 0.3) is 0 Å². The highest BCUT2D eigenvalue weighted by atomic mass is 19.3. The van der Waals surface area contributed by atoms with Crippen LogP contribution in [0.5, 0.6) is 0 Å². The van der Waals surface area contributed by atoms with Crippen LogP contribution in [0.3, 0.4) is 0 Å². The maximum Gasteiger partial charge on any atom is 0.267 e. The Labute approximate surface area is 86.3 Å². The van der Waals surface area contributed by atoms with E-state index < -0.39 is 17.7 Å². The van der Waals surface area contributed by atoms with E-state index in [1.54, 1.807) is 6.07 Å². The minimum Gasteiger partial charge on any atom is -0.311 e. The fourth-order valence-electron chi connectivity index (χ4n) is 1.98. The van der Waals surface area contributed by atoms with Gasteiger partial charge in [0.1, 0.15) is 5.82 Å². The first-order valence-corrected chi connectivity index (χ1v) is 4.94. The summed E-state index contributed by atoms with van der Waals surface area (Å²) in [5, 5.41) is 2.62. The number of piperidine rings is 1. The maximum absolute atomic E-state index is 13.5. The van der Waals surface area contributed by atoms with Crippen LogP contribution in [-0.2, 0) is 0 Å². The van der Waals surface area contributed by atoms with Crippen LogP contribution in [0, 0.1) is 5.82 Å². The Morgan fingerprint density at radius 2 is 2.00 bits per heavy atom. The molecular weight excluding hydrogens is 203 g/mol. The van der Waals surface area contributed by atoms with E-state index in [0.717, 1.165) is 0 Å². The molecule has 1 atom stereocenters. The molecule has 1 aliphatic heterocycles. The van der Waals surface area contributed by atoms with Crippen LogP contribution in [0.4, 0.5) is 13.2 Å². The van der Waals surface area contributed by atoms with Gasteiger partial charge in [0.15, 0.2) is 0 Å². The monoisotopic (exact) mass is 215 g/mol. The molecule has 1 fully saturated rings. The fourth-order valence-corrected chi connectivity index (χ4v) is 1.98. The molecule has 0 saturated carbocycles. The molecule has 0 amide bonds. The van der Waals surface area contributed by atoms with Crippen LogP contribution in [0.15, 0.2) is 24.3 Å². The van der Waals surface area contributed by atoms with Crippen molar-refractivity contribution in [3.8, 4) is 0 Å². The molecule has 1 unspecified atom stereocenters. The normalized spacial score (nSPS) is 25.1. The molecule has 82 valence electrons. The topological polar surface area (TPSA) is 12.0 Å². The lowest BCUT2D eigenvalue weighted by Crippen LogP contribution is -2.44. The number of rotatable bonds is 1. The van der Waals surface area contributed by atoms with Crippen molar-refractivity contribution in [3.63, 3.8) is 0 Å². The maximum atomic E-state index is 13.5. The number of hydrogen-bond donors (Lipinski definition) is 1. The second kappa shape index (κ2) is 3.85. The standard InChI is InChI=1S/C11H12F3N/c12-10-4-2-1-3-8(10)9-5-6-15-7-11(9,13)14/h1-4,9,15H,5-7H2. The van der Waals surface area contributed by atoms with Crippen LogP contribution < -0.4 is 5.32 Å². The zero-order valence-electron chi connectivity index (χ0n) is 8.14. The van der Waals surface area contributed by atoms with Gasteiger partial charge in [-0.05, 0) is 24.6 Å². The van der Waals surface area contributed by atoms with Gasteiger partial charge in [-0.25, -0.2) is 13.2 Å². The first-order chi connectivity index (χ1) is 7.11. The molecule has 0 bridgehead atoms. The van der Waals surface area contributed by atoms with Gasteiger partial charge in [0.05, 0.1) is 12.5 Å². The predicted octanol–water partition coefficient (Wildman–Crippen LogP) is 2.54. The van der Waals surface area contributed by atoms with Gasteiger partial charge in [0, 0.05) is 0 Å². The SMILES string of the molecule is Fc1ccccc1C1CCNCC1(F)F. The van der Waals surface area contributed by atoms with E-state index in [1.165, 1.54) is 18.2 Å². The molecule has 1 saturated heterocycles. The Bertz CT molecular complexity index is 351. The lowest BCUT2D eigenvalue weighted by atomic mass is 9.87. The minimum absolute atomic E-state index is 0.129. The molecule has 0 radical (unpaired) electrons. The predicted molar refractivity (Wildman–Crippen MR) is 51.6 cm³/mol. The first-order valence-electron chi connectivity index (χ1n) is 4.94. The van der Waals surface area contributed by atoms with Gasteiger partial charge in [-0.15, -0.1) is 0 Å². The first kappa shape index (κ1) is 10.5. The summed E-state index contributed by atoms with van der Waals surface area (Å²) in [6.45, 7) is 0.139. The molecule has 4 heteroatoms. The molecule has 15 heavy (non-hydrogen) atoms. The lowest BCUT2D eigenvalue weighted by molar-refractivity contribution is -0.0429. The van der Waals surface area contributed by atoms with Gasteiger partial charge in [-0.3, -0.25) is 0 Å². The van der Waals surface area contributed by atoms with Crippen molar-refractivity contribution in [2.24, 2.45) is 0 Å². The molecular formula is C11H12F3N. The van der Waals surface area contributed by atoms with Gasteiger partial charge in [-0.2, -0.15) is 0 Å². The average molecular weight is 215 g/mol. The second-order valence-corrected chi connectivity index (χ2v) is 3.80. The molecule has 1 aromatic rings. The van der Waals surface area contributed by atoms with E-state index in [2.05, 4.69) is 5.32 Å². The fraction of sp³-hybridized carbons (Fsp3) is 0.455. The van der Waals surface area contributed by atoms with Crippen molar-refractivity contribution in [1.29, 1.82) is 0 Å². The highest BCUT2D eigenvalue weighted by molar-refractivity contribution is 5.24. The molecule has 1 nitrogen and oxygen atoms in total. The zero-order chi connectivity index (χ0) is 10.9. The van der Waals surface area contributed by atoms with Crippen molar-refractivity contribution >= 4 is 0 Å². The van der Waals surface area contributed by atoms with Crippen LogP contribution in [0.1, 0.15) is 17.9 Å². The zero-order valence-corrected chi connectivity index (χ0v) is 8.14. The van der Waals surface area contributed by atoms with E-state index in [4.69, 9.17) is 0 Å². The Kier molecular flexibility index (Phi) is 2.69. The van der Waals surface area contributed by atoms with Crippen molar-refractivity contribution in [1.82, 2.24) is 5.32 Å². The Morgan fingerprint density at radius 3 is 2.67 bits per heavy atom. The molecule has 0 aliphatic carbocycles. The highest BCUT2D eigenvalue weighted by Crippen LogP contribution is 2.38. The van der Waals surface area contributed by atoms with E-state index in [9.17, 15) is 13.2 Å². The number of benzene rings is 1. The third kappa shape index (κ3) is 2.00. The van der Waals surface area contributed by atoms with Gasteiger partial charge in [0.2, 0.25) is 0 Å². The molecule has 1 N–H and O–H groups in total. The number of alkyl halides is 2. The summed E-state index contributed by atoms with van der Waals surface area (Å²) in [5.41, 5.74) is 0.129. The molecule has 1 aromatic carbocycles. The lowest BCUT2D eigenvalue weighted by Gasteiger charge is -2.32. The van der Waals surface area contributed by atoms with Crippen LogP contribution in [-0.4, -0.2) is 19.0 Å². The van der Waals surface area contributed by atoms with E-state index in [1.807, 2.05) is 0 Å². The highest BCUT2D eigenvalue weighted by Gasteiger charge is 2.43. The Hall–Kier alpha value is -1.03. The third-order valence-corrected chi connectivity index (χ3v) is 2.76. The number of halogens is 3. The summed E-state index contributed by atoms with van der Waals surface area (Å²) in [5.74, 6) is -4.40. The molecule has 1 aliphatic rings. The largest absolute Gasteiger partial charge is 0.311 e. The number of nitrogens with one attached hydrogen (secondary N) is 1. The quantitative estimate of drug-likeness (QED) is 0.759. The van der Waals surface area contributed by atoms with Crippen molar-refractivity contribution in [2.45, 2.75) is 18.3 Å². The van der Waals surface area contributed by atoms with Gasteiger partial charge < -0.3 is 5.32 Å². The summed E-state index contributed by atoms with van der Waals surface area (Å²) in [6, 6.07) is 5.78. The van der Waals surface area contributed by atoms with E-state index in [-0.39, 0.29) is 18.5 Å². The molecule has 1 heterocycles. The van der Waals surface area contributed by atoms with E-state index in [0.29, 0.717) is 6.54 Å². The van der Waals surface area contributed by atoms with Gasteiger partial charge in [-0.1, -0.05) is 18.2 Å². The Balaban J connectivity index is 2.33. The van der Waals surface area contributed by atoms with E-state index >= 15 is 0 Å². The van der Waals surface area contributed by atoms with Crippen molar-refractivity contribution in [2.75, 3.05) is 13.1 Å². The van der Waals surface area contributed by atoms with Crippen LogP contribution in [0.2, 0.25) is 0 Å². The molecule has 2 rings (SSSR count). The summed E-state index contributed by atoms with van der Waals surface area (Å²) in [4.78, 5) is 0. The average Bonchev–Trinajstić information content (AvgIpc) is 2.19. The van der Waals surface area contributed by atoms with Crippen molar-refractivity contribution in [3.05, 3.63) is 35.6 Å². The third-order valence-electron chi connectivity index (χ3n) is 2.76. The summed E-state index contributed by atoms with van der Waals surface area (Å²) < 4.78 is 40.4. The van der Waals surface area contributed by atoms with Crippen molar-refractivity contribution < 1.29 is 13.2 Å².